The zero-order valence-corrected chi connectivity index (χ0v) is 14.0. The number of nitrogens with zero attached hydrogens (tertiary/aromatic N) is 2. The third kappa shape index (κ3) is 4.68. The van der Waals surface area contributed by atoms with E-state index in [0.717, 1.165) is 31.5 Å². The van der Waals surface area contributed by atoms with E-state index >= 15 is 0 Å². The molecule has 2 N–H and O–H groups in total. The summed E-state index contributed by atoms with van der Waals surface area (Å²) in [7, 11) is 3.43. The van der Waals surface area contributed by atoms with Gasteiger partial charge in [0.05, 0.1) is 0 Å². The summed E-state index contributed by atoms with van der Waals surface area (Å²) in [4.78, 5) is 17.5. The van der Waals surface area contributed by atoms with Crippen molar-refractivity contribution in [1.82, 2.24) is 15.5 Å². The monoisotopic (exact) mass is 320 g/mol. The van der Waals surface area contributed by atoms with Gasteiger partial charge < -0.3 is 15.5 Å². The Morgan fingerprint density at radius 2 is 1.91 bits per heavy atom. The zero-order chi connectivity index (χ0) is 16.9. The molecule has 0 saturated heterocycles. The summed E-state index contributed by atoms with van der Waals surface area (Å²) < 4.78 is 13.1. The Balaban J connectivity index is 1.97. The van der Waals surface area contributed by atoms with Crippen molar-refractivity contribution in [2.24, 2.45) is 4.99 Å². The van der Waals surface area contributed by atoms with Crippen LogP contribution in [0.2, 0.25) is 0 Å². The molecule has 1 fully saturated rings. The molecule has 0 aliphatic heterocycles. The van der Waals surface area contributed by atoms with Gasteiger partial charge in [-0.25, -0.2) is 9.38 Å². The normalized spacial score (nSPS) is 15.9. The molecule has 0 spiro atoms. The van der Waals surface area contributed by atoms with Crippen molar-refractivity contribution in [2.45, 2.75) is 25.2 Å². The zero-order valence-electron chi connectivity index (χ0n) is 14.0. The lowest BCUT2D eigenvalue weighted by Crippen LogP contribution is -2.42. The summed E-state index contributed by atoms with van der Waals surface area (Å²) in [5, 5.41) is 6.45. The number of hydrogen-bond acceptors (Lipinski definition) is 2. The molecular weight excluding hydrogens is 295 g/mol. The van der Waals surface area contributed by atoms with E-state index in [9.17, 15) is 9.18 Å². The van der Waals surface area contributed by atoms with Crippen LogP contribution in [0.4, 0.5) is 4.39 Å². The SMILES string of the molecule is CCNC(=NCC(=O)N(C)C)NCC1(c2ccc(F)cc2)CC1. The van der Waals surface area contributed by atoms with Crippen LogP contribution in [0.3, 0.4) is 0 Å². The molecule has 1 aromatic rings. The number of rotatable bonds is 6. The van der Waals surface area contributed by atoms with Gasteiger partial charge in [-0.05, 0) is 37.5 Å². The van der Waals surface area contributed by atoms with Crippen molar-refractivity contribution in [1.29, 1.82) is 0 Å². The van der Waals surface area contributed by atoms with Gasteiger partial charge >= 0.3 is 0 Å². The first-order valence-corrected chi connectivity index (χ1v) is 7.95. The molecule has 23 heavy (non-hydrogen) atoms. The van der Waals surface area contributed by atoms with Crippen LogP contribution < -0.4 is 10.6 Å². The van der Waals surface area contributed by atoms with Crippen molar-refractivity contribution in [2.75, 3.05) is 33.7 Å². The molecule has 1 aromatic carbocycles. The Hall–Kier alpha value is -2.11. The van der Waals surface area contributed by atoms with E-state index in [2.05, 4.69) is 15.6 Å². The number of aliphatic imine (C=N–C) groups is 1. The van der Waals surface area contributed by atoms with Crippen LogP contribution in [0, 0.1) is 5.82 Å². The van der Waals surface area contributed by atoms with Crippen LogP contribution >= 0.6 is 0 Å². The highest BCUT2D eigenvalue weighted by molar-refractivity contribution is 5.84. The second-order valence-corrected chi connectivity index (χ2v) is 6.12. The molecular formula is C17H25FN4O. The second-order valence-electron chi connectivity index (χ2n) is 6.12. The summed E-state index contributed by atoms with van der Waals surface area (Å²) in [5.74, 6) is 0.382. The van der Waals surface area contributed by atoms with Gasteiger partial charge in [0, 0.05) is 32.6 Å². The van der Waals surface area contributed by atoms with Gasteiger partial charge in [0.2, 0.25) is 5.91 Å². The van der Waals surface area contributed by atoms with Crippen molar-refractivity contribution < 1.29 is 9.18 Å². The maximum Gasteiger partial charge on any atom is 0.243 e. The Kier molecular flexibility index (Phi) is 5.58. The van der Waals surface area contributed by atoms with E-state index in [-0.39, 0.29) is 23.7 Å². The number of carbonyl (C=O) groups excluding carboxylic acids is 1. The van der Waals surface area contributed by atoms with Crippen LogP contribution in [0.1, 0.15) is 25.3 Å². The number of amides is 1. The fourth-order valence-electron chi connectivity index (χ4n) is 2.40. The Bertz CT molecular complexity index is 564. The minimum atomic E-state index is -0.213. The van der Waals surface area contributed by atoms with Crippen LogP contribution in [0.5, 0.6) is 0 Å². The van der Waals surface area contributed by atoms with E-state index in [1.54, 1.807) is 14.1 Å². The summed E-state index contributed by atoms with van der Waals surface area (Å²) in [6, 6.07) is 6.71. The summed E-state index contributed by atoms with van der Waals surface area (Å²) in [5.41, 5.74) is 1.20. The first kappa shape index (κ1) is 17.2. The van der Waals surface area contributed by atoms with Gasteiger partial charge in [-0.1, -0.05) is 12.1 Å². The Labute approximate surface area is 137 Å². The Morgan fingerprint density at radius 1 is 1.26 bits per heavy atom. The third-order valence-corrected chi connectivity index (χ3v) is 4.12. The van der Waals surface area contributed by atoms with Gasteiger partial charge in [0.1, 0.15) is 12.4 Å². The van der Waals surface area contributed by atoms with Crippen LogP contribution in [0.15, 0.2) is 29.3 Å². The van der Waals surface area contributed by atoms with Gasteiger partial charge in [-0.2, -0.15) is 0 Å². The highest BCUT2D eigenvalue weighted by Gasteiger charge is 2.44. The maximum absolute atomic E-state index is 13.1. The number of nitrogens with one attached hydrogen (secondary N) is 2. The van der Waals surface area contributed by atoms with Crippen molar-refractivity contribution in [3.8, 4) is 0 Å². The molecule has 1 aliphatic rings. The topological polar surface area (TPSA) is 56.7 Å². The summed E-state index contributed by atoms with van der Waals surface area (Å²) in [6.45, 7) is 3.55. The lowest BCUT2D eigenvalue weighted by atomic mass is 9.96. The van der Waals surface area contributed by atoms with Crippen LogP contribution in [0.25, 0.3) is 0 Å². The van der Waals surface area contributed by atoms with Gasteiger partial charge in [-0.15, -0.1) is 0 Å². The van der Waals surface area contributed by atoms with E-state index in [1.165, 1.54) is 17.0 Å². The number of carbonyl (C=O) groups is 1. The average Bonchev–Trinajstić information content (AvgIpc) is 3.31. The molecule has 126 valence electrons. The fraction of sp³-hybridized carbons (Fsp3) is 0.529. The molecule has 0 atom stereocenters. The molecule has 0 unspecified atom stereocenters. The van der Waals surface area contributed by atoms with Gasteiger partial charge in [0.15, 0.2) is 5.96 Å². The predicted octanol–water partition coefficient (Wildman–Crippen LogP) is 1.50. The second kappa shape index (κ2) is 7.44. The molecule has 5 nitrogen and oxygen atoms in total. The van der Waals surface area contributed by atoms with Gasteiger partial charge in [-0.3, -0.25) is 4.79 Å². The molecule has 1 aliphatic carbocycles. The van der Waals surface area contributed by atoms with Gasteiger partial charge in [0.25, 0.3) is 0 Å². The number of guanidine groups is 1. The summed E-state index contributed by atoms with van der Waals surface area (Å²) in [6.07, 6.45) is 2.14. The van der Waals surface area contributed by atoms with Crippen molar-refractivity contribution in [3.63, 3.8) is 0 Å². The highest BCUT2D eigenvalue weighted by Crippen LogP contribution is 2.47. The van der Waals surface area contributed by atoms with Crippen LogP contribution in [-0.2, 0) is 10.2 Å². The first-order valence-electron chi connectivity index (χ1n) is 7.95. The number of halogens is 1. The van der Waals surface area contributed by atoms with Crippen LogP contribution in [-0.4, -0.2) is 50.5 Å². The minimum Gasteiger partial charge on any atom is -0.357 e. The van der Waals surface area contributed by atoms with Crippen molar-refractivity contribution >= 4 is 11.9 Å². The smallest absolute Gasteiger partial charge is 0.243 e. The average molecular weight is 320 g/mol. The van der Waals surface area contributed by atoms with Crippen molar-refractivity contribution in [3.05, 3.63) is 35.6 Å². The molecule has 1 amide bonds. The number of likely N-dealkylation sites (N-methyl/N-ethyl adjacent to an activating group) is 1. The first-order chi connectivity index (χ1) is 11.0. The molecule has 0 heterocycles. The third-order valence-electron chi connectivity index (χ3n) is 4.12. The molecule has 1 saturated carbocycles. The number of benzene rings is 1. The highest BCUT2D eigenvalue weighted by atomic mass is 19.1. The molecule has 0 radical (unpaired) electrons. The molecule has 0 aromatic heterocycles. The standard InChI is InChI=1S/C17H25FN4O/c1-4-19-16(20-11-15(23)22(2)3)21-12-17(9-10-17)13-5-7-14(18)8-6-13/h5-8H,4,9-12H2,1-3H3,(H2,19,20,21). The lowest BCUT2D eigenvalue weighted by Gasteiger charge is -2.19. The quantitative estimate of drug-likeness (QED) is 0.617. The molecule has 2 rings (SSSR count). The van der Waals surface area contributed by atoms with E-state index in [1.807, 2.05) is 19.1 Å². The fourth-order valence-corrected chi connectivity index (χ4v) is 2.40. The predicted molar refractivity (Wildman–Crippen MR) is 90.0 cm³/mol. The lowest BCUT2D eigenvalue weighted by molar-refractivity contribution is -0.127. The molecule has 0 bridgehead atoms. The number of hydrogen-bond donors (Lipinski definition) is 2. The maximum atomic E-state index is 13.1. The van der Waals surface area contributed by atoms with E-state index in [0.29, 0.717) is 5.96 Å². The minimum absolute atomic E-state index is 0.0399. The molecule has 6 heteroatoms. The van der Waals surface area contributed by atoms with E-state index in [4.69, 9.17) is 0 Å². The summed E-state index contributed by atoms with van der Waals surface area (Å²) >= 11 is 0. The largest absolute Gasteiger partial charge is 0.357 e. The van der Waals surface area contributed by atoms with E-state index < -0.39 is 0 Å². The Morgan fingerprint density at radius 3 is 2.43 bits per heavy atom.